The third-order valence-corrected chi connectivity index (χ3v) is 1.26. The maximum absolute atomic E-state index is 8.58. The Hall–Kier alpha value is 0.944. The molecule has 0 heterocycles. The predicted octanol–water partition coefficient (Wildman–Crippen LogP) is -0.617. The van der Waals surface area contributed by atoms with Crippen molar-refractivity contribution in [3.8, 4) is 0 Å². The zero-order valence-electron chi connectivity index (χ0n) is 8.49. The van der Waals surface area contributed by atoms with Gasteiger partial charge in [-0.1, -0.05) is 6.92 Å². The van der Waals surface area contributed by atoms with E-state index >= 15 is 0 Å². The van der Waals surface area contributed by atoms with E-state index in [0.717, 1.165) is 20.3 Å². The van der Waals surface area contributed by atoms with Gasteiger partial charge in [0.15, 0.2) is 0 Å². The Labute approximate surface area is 100 Å². The van der Waals surface area contributed by atoms with Crippen LogP contribution >= 0.6 is 0 Å². The molecule has 5 heteroatoms. The van der Waals surface area contributed by atoms with Crippen LogP contribution < -0.4 is 0 Å². The van der Waals surface area contributed by atoms with Crippen molar-refractivity contribution in [1.29, 1.82) is 0 Å². The molecule has 0 unspecified atom stereocenters. The average Bonchev–Trinajstić information content (AvgIpc) is 2.07. The summed E-state index contributed by atoms with van der Waals surface area (Å²) in [6.07, 6.45) is 0. The van der Waals surface area contributed by atoms with E-state index in [1.54, 1.807) is 0 Å². The zero-order chi connectivity index (χ0) is 9.28. The molecular weight excluding hydrogens is 233 g/mol. The summed E-state index contributed by atoms with van der Waals surface area (Å²) in [6, 6.07) is 0. The second-order valence-electron chi connectivity index (χ2n) is 2.31. The van der Waals surface area contributed by atoms with E-state index in [2.05, 4.69) is 11.8 Å². The minimum absolute atomic E-state index is 0. The van der Waals surface area contributed by atoms with E-state index < -0.39 is 0 Å². The van der Waals surface area contributed by atoms with E-state index in [-0.39, 0.29) is 39.4 Å². The van der Waals surface area contributed by atoms with E-state index in [9.17, 15) is 0 Å². The molecule has 0 aliphatic carbocycles. The summed E-state index contributed by atoms with van der Waals surface area (Å²) in [7, 11) is 4.90. The topological polar surface area (TPSA) is 46.9 Å². The van der Waals surface area contributed by atoms with Crippen LogP contribution in [0.15, 0.2) is 0 Å². The molecule has 0 fully saturated rings. The van der Waals surface area contributed by atoms with E-state index in [1.165, 1.54) is 0 Å². The van der Waals surface area contributed by atoms with Crippen LogP contribution in [0.4, 0.5) is 0 Å². The summed E-state index contributed by atoms with van der Waals surface area (Å²) in [5, 5.41) is 15.6. The Bertz CT molecular complexity index is 68.4. The quantitative estimate of drug-likeness (QED) is 0.656. The van der Waals surface area contributed by atoms with Gasteiger partial charge in [0.1, 0.15) is 0 Å². The summed E-state index contributed by atoms with van der Waals surface area (Å²) >= 11 is 0. The molecule has 1 radical (unpaired) electrons. The molecule has 0 aliphatic heterocycles. The SMILES string of the molecule is CCN(C)CN(C)CO.CO.[Y]. The molecule has 2 N–H and O–H groups in total. The number of aliphatic hydroxyl groups is 2. The molecule has 0 amide bonds. The van der Waals surface area contributed by atoms with Gasteiger partial charge >= 0.3 is 0 Å². The van der Waals surface area contributed by atoms with Gasteiger partial charge < -0.3 is 10.2 Å². The Morgan fingerprint density at radius 2 is 1.50 bits per heavy atom. The maximum atomic E-state index is 8.58. The average molecular weight is 253 g/mol. The Balaban J connectivity index is -0.000000249. The molecular formula is C7H20N2O2Y. The molecule has 12 heavy (non-hydrogen) atoms. The van der Waals surface area contributed by atoms with Gasteiger partial charge in [0, 0.05) is 39.8 Å². The largest absolute Gasteiger partial charge is 0.400 e. The third kappa shape index (κ3) is 13.5. The van der Waals surface area contributed by atoms with Crippen LogP contribution in [0.5, 0.6) is 0 Å². The fourth-order valence-corrected chi connectivity index (χ4v) is 0.557. The fraction of sp³-hybridized carbons (Fsp3) is 1.00. The monoisotopic (exact) mass is 253 g/mol. The first kappa shape index (κ1) is 18.7. The molecule has 4 nitrogen and oxygen atoms in total. The molecule has 73 valence electrons. The smallest absolute Gasteiger partial charge is 0.0964 e. The normalized spacial score (nSPS) is 9.00. The minimum Gasteiger partial charge on any atom is -0.400 e. The van der Waals surface area contributed by atoms with Gasteiger partial charge in [-0.25, -0.2) is 0 Å². The van der Waals surface area contributed by atoms with Gasteiger partial charge in [-0.15, -0.1) is 0 Å². The first-order chi connectivity index (χ1) is 5.20. The first-order valence-corrected chi connectivity index (χ1v) is 3.63. The Morgan fingerprint density at radius 1 is 1.08 bits per heavy atom. The molecule has 0 rings (SSSR count). The Morgan fingerprint density at radius 3 is 1.75 bits per heavy atom. The second kappa shape index (κ2) is 14.5. The summed E-state index contributed by atoms with van der Waals surface area (Å²) in [5.74, 6) is 0. The van der Waals surface area contributed by atoms with Crippen molar-refractivity contribution >= 4 is 0 Å². The van der Waals surface area contributed by atoms with Crippen LogP contribution in [0, 0.1) is 0 Å². The summed E-state index contributed by atoms with van der Waals surface area (Å²) in [4.78, 5) is 3.96. The van der Waals surface area contributed by atoms with Crippen molar-refractivity contribution in [3.63, 3.8) is 0 Å². The number of aliphatic hydroxyl groups excluding tert-OH is 2. The zero-order valence-corrected chi connectivity index (χ0v) is 11.3. The van der Waals surface area contributed by atoms with Gasteiger partial charge in [-0.2, -0.15) is 0 Å². The van der Waals surface area contributed by atoms with Crippen LogP contribution in [0.3, 0.4) is 0 Å². The Kier molecular flexibility index (Phi) is 22.5. The van der Waals surface area contributed by atoms with Gasteiger partial charge in [0.2, 0.25) is 0 Å². The van der Waals surface area contributed by atoms with Crippen molar-refractivity contribution in [2.75, 3.05) is 41.1 Å². The molecule has 0 spiro atoms. The molecule has 0 aromatic heterocycles. The van der Waals surface area contributed by atoms with Crippen molar-refractivity contribution in [2.24, 2.45) is 0 Å². The van der Waals surface area contributed by atoms with E-state index in [0.29, 0.717) is 0 Å². The van der Waals surface area contributed by atoms with Gasteiger partial charge in [0.25, 0.3) is 0 Å². The van der Waals surface area contributed by atoms with Crippen molar-refractivity contribution < 1.29 is 42.9 Å². The number of hydrogen-bond donors (Lipinski definition) is 2. The first-order valence-electron chi connectivity index (χ1n) is 3.63. The predicted molar refractivity (Wildman–Crippen MR) is 46.2 cm³/mol. The van der Waals surface area contributed by atoms with Crippen molar-refractivity contribution in [1.82, 2.24) is 9.80 Å². The molecule has 0 bridgehead atoms. The van der Waals surface area contributed by atoms with Gasteiger partial charge in [-0.3, -0.25) is 9.80 Å². The van der Waals surface area contributed by atoms with Gasteiger partial charge in [0.05, 0.1) is 13.4 Å². The number of rotatable bonds is 4. The van der Waals surface area contributed by atoms with Crippen LogP contribution in [-0.4, -0.2) is 61.2 Å². The standard InChI is InChI=1S/C6H16N2O.CH4O.Y/c1-4-7(2)5-8(3)6-9;1-2;/h9H,4-6H2,1-3H3;2H,1H3;. The molecule has 0 aliphatic rings. The summed E-state index contributed by atoms with van der Waals surface area (Å²) < 4.78 is 0. The van der Waals surface area contributed by atoms with Crippen LogP contribution in [0.25, 0.3) is 0 Å². The maximum Gasteiger partial charge on any atom is 0.0964 e. The molecule has 0 aromatic rings. The number of hydrogen-bond acceptors (Lipinski definition) is 4. The summed E-state index contributed by atoms with van der Waals surface area (Å²) in [6.45, 7) is 4.06. The van der Waals surface area contributed by atoms with Crippen LogP contribution in [-0.2, 0) is 32.7 Å². The minimum atomic E-state index is 0. The van der Waals surface area contributed by atoms with Gasteiger partial charge in [-0.05, 0) is 20.6 Å². The molecule has 0 saturated carbocycles. The van der Waals surface area contributed by atoms with E-state index in [4.69, 9.17) is 10.2 Å². The third-order valence-electron chi connectivity index (χ3n) is 1.26. The van der Waals surface area contributed by atoms with Crippen LogP contribution in [0.1, 0.15) is 6.92 Å². The van der Waals surface area contributed by atoms with Crippen molar-refractivity contribution in [2.45, 2.75) is 6.92 Å². The fourth-order valence-electron chi connectivity index (χ4n) is 0.557. The number of nitrogens with zero attached hydrogens (tertiary/aromatic N) is 2. The summed E-state index contributed by atoms with van der Waals surface area (Å²) in [5.41, 5.74) is 0. The molecule has 0 saturated heterocycles. The second-order valence-corrected chi connectivity index (χ2v) is 2.31. The van der Waals surface area contributed by atoms with E-state index in [1.807, 2.05) is 19.0 Å². The molecule has 0 aromatic carbocycles. The molecule has 0 atom stereocenters. The van der Waals surface area contributed by atoms with Crippen molar-refractivity contribution in [3.05, 3.63) is 0 Å². The van der Waals surface area contributed by atoms with Crippen LogP contribution in [0.2, 0.25) is 0 Å².